The molecule has 1 aromatic carbocycles. The molecule has 2 heterocycles. The summed E-state index contributed by atoms with van der Waals surface area (Å²) >= 11 is 6.02. The van der Waals surface area contributed by atoms with Crippen molar-refractivity contribution in [1.29, 1.82) is 0 Å². The van der Waals surface area contributed by atoms with Crippen molar-refractivity contribution in [3.05, 3.63) is 29.3 Å². The van der Waals surface area contributed by atoms with Crippen molar-refractivity contribution in [2.75, 3.05) is 26.2 Å². The molecule has 0 spiro atoms. The zero-order valence-electron chi connectivity index (χ0n) is 14.3. The molecule has 1 aromatic rings. The Bertz CT molecular complexity index is 711. The van der Waals surface area contributed by atoms with Crippen molar-refractivity contribution in [2.24, 2.45) is 5.92 Å². The first-order valence-electron chi connectivity index (χ1n) is 8.65. The van der Waals surface area contributed by atoms with Crippen LogP contribution in [0.1, 0.15) is 19.3 Å². The monoisotopic (exact) mass is 380 g/mol. The maximum atomic E-state index is 12.6. The number of aliphatic carboxylic acids is 1. The summed E-state index contributed by atoms with van der Waals surface area (Å²) in [7, 11) is 0. The molecule has 1 N–H and O–H groups in total. The van der Waals surface area contributed by atoms with Gasteiger partial charge < -0.3 is 19.6 Å². The normalized spacial score (nSPS) is 22.7. The summed E-state index contributed by atoms with van der Waals surface area (Å²) in [4.78, 5) is 39.1. The predicted octanol–water partition coefficient (Wildman–Crippen LogP) is 1.64. The molecule has 2 unspecified atom stereocenters. The van der Waals surface area contributed by atoms with Gasteiger partial charge in [0.1, 0.15) is 18.4 Å². The molecular weight excluding hydrogens is 360 g/mol. The lowest BCUT2D eigenvalue weighted by molar-refractivity contribution is -0.149. The minimum absolute atomic E-state index is 0.114. The number of carboxylic acid groups (broad SMARTS) is 1. The number of hydrogen-bond acceptors (Lipinski definition) is 4. The molecule has 8 heteroatoms. The predicted molar refractivity (Wildman–Crippen MR) is 94.0 cm³/mol. The maximum Gasteiger partial charge on any atom is 0.326 e. The number of halogens is 1. The second kappa shape index (κ2) is 7.95. The van der Waals surface area contributed by atoms with Crippen molar-refractivity contribution in [1.82, 2.24) is 9.80 Å². The van der Waals surface area contributed by atoms with Crippen LogP contribution in [0, 0.1) is 5.92 Å². The van der Waals surface area contributed by atoms with Crippen LogP contribution in [-0.2, 0) is 14.4 Å². The zero-order chi connectivity index (χ0) is 18.7. The summed E-state index contributed by atoms with van der Waals surface area (Å²) in [5, 5.41) is 9.73. The lowest BCUT2D eigenvalue weighted by Gasteiger charge is -2.24. The average Bonchev–Trinajstić information content (AvgIpc) is 3.23. The number of amides is 2. The van der Waals surface area contributed by atoms with Gasteiger partial charge in [-0.1, -0.05) is 23.7 Å². The van der Waals surface area contributed by atoms with Crippen LogP contribution in [0.4, 0.5) is 0 Å². The van der Waals surface area contributed by atoms with Crippen LogP contribution < -0.4 is 4.74 Å². The summed E-state index contributed by atoms with van der Waals surface area (Å²) in [5.74, 6) is -1.27. The largest absolute Gasteiger partial charge is 0.490 e. The third-order valence-electron chi connectivity index (χ3n) is 4.84. The quantitative estimate of drug-likeness (QED) is 0.810. The number of carboxylic acids is 1. The second-order valence-corrected chi connectivity index (χ2v) is 6.95. The van der Waals surface area contributed by atoms with Crippen LogP contribution in [0.25, 0.3) is 0 Å². The van der Waals surface area contributed by atoms with E-state index in [0.717, 1.165) is 0 Å². The number of para-hydroxylation sites is 1. The number of carbonyl (C=O) groups excluding carboxylic acids is 2. The molecule has 2 amide bonds. The fraction of sp³-hybridized carbons (Fsp3) is 0.500. The van der Waals surface area contributed by atoms with E-state index < -0.39 is 17.9 Å². The molecule has 0 bridgehead atoms. The molecule has 0 saturated carbocycles. The Morgan fingerprint density at radius 1 is 1.31 bits per heavy atom. The molecule has 3 rings (SSSR count). The molecule has 2 aliphatic heterocycles. The fourth-order valence-corrected chi connectivity index (χ4v) is 3.69. The molecule has 0 aromatic heterocycles. The van der Waals surface area contributed by atoms with E-state index in [2.05, 4.69) is 0 Å². The maximum absolute atomic E-state index is 12.6. The zero-order valence-corrected chi connectivity index (χ0v) is 15.0. The summed E-state index contributed by atoms with van der Waals surface area (Å²) in [6.45, 7) is 1.37. The molecule has 0 radical (unpaired) electrons. The van der Waals surface area contributed by atoms with Gasteiger partial charge in [-0.05, 0) is 25.0 Å². The van der Waals surface area contributed by atoms with Gasteiger partial charge in [0.2, 0.25) is 11.8 Å². The first-order valence-corrected chi connectivity index (χ1v) is 9.03. The highest BCUT2D eigenvalue weighted by molar-refractivity contribution is 6.32. The van der Waals surface area contributed by atoms with E-state index in [4.69, 9.17) is 16.3 Å². The number of benzene rings is 1. The van der Waals surface area contributed by atoms with Gasteiger partial charge in [0.05, 0.1) is 17.5 Å². The van der Waals surface area contributed by atoms with Gasteiger partial charge >= 0.3 is 5.97 Å². The van der Waals surface area contributed by atoms with Gasteiger partial charge in [-0.2, -0.15) is 0 Å². The molecule has 2 aliphatic rings. The number of likely N-dealkylation sites (tertiary alicyclic amines) is 2. The number of carbonyl (C=O) groups is 3. The highest BCUT2D eigenvalue weighted by atomic mass is 35.5. The van der Waals surface area contributed by atoms with Gasteiger partial charge in [-0.3, -0.25) is 9.59 Å². The van der Waals surface area contributed by atoms with Crippen LogP contribution in [0.15, 0.2) is 24.3 Å². The van der Waals surface area contributed by atoms with Crippen molar-refractivity contribution >= 4 is 29.4 Å². The number of nitrogens with zero attached hydrogens (tertiary/aromatic N) is 2. The minimum Gasteiger partial charge on any atom is -0.490 e. The second-order valence-electron chi connectivity index (χ2n) is 6.55. The van der Waals surface area contributed by atoms with Crippen LogP contribution in [0.5, 0.6) is 5.75 Å². The molecule has 26 heavy (non-hydrogen) atoms. The first kappa shape index (κ1) is 18.5. The lowest BCUT2D eigenvalue weighted by Crippen LogP contribution is -2.44. The lowest BCUT2D eigenvalue weighted by atomic mass is 10.1. The summed E-state index contributed by atoms with van der Waals surface area (Å²) in [6, 6.07) is 6.32. The van der Waals surface area contributed by atoms with Crippen LogP contribution in [-0.4, -0.2) is 65.0 Å². The Morgan fingerprint density at radius 3 is 2.81 bits per heavy atom. The Balaban J connectivity index is 1.53. The molecule has 2 saturated heterocycles. The van der Waals surface area contributed by atoms with Crippen LogP contribution in [0.3, 0.4) is 0 Å². The number of rotatable bonds is 6. The molecule has 2 fully saturated rings. The highest BCUT2D eigenvalue weighted by Gasteiger charge is 2.41. The van der Waals surface area contributed by atoms with E-state index >= 15 is 0 Å². The van der Waals surface area contributed by atoms with Gasteiger partial charge in [0, 0.05) is 19.5 Å². The molecule has 0 aliphatic carbocycles. The Labute approximate surface area is 156 Å². The van der Waals surface area contributed by atoms with E-state index in [-0.39, 0.29) is 24.8 Å². The van der Waals surface area contributed by atoms with Gasteiger partial charge in [0.15, 0.2) is 0 Å². The van der Waals surface area contributed by atoms with Gasteiger partial charge in [0.25, 0.3) is 0 Å². The number of ether oxygens (including phenoxy) is 1. The van der Waals surface area contributed by atoms with Crippen molar-refractivity contribution in [2.45, 2.75) is 25.3 Å². The Kier molecular flexibility index (Phi) is 5.66. The van der Waals surface area contributed by atoms with Crippen LogP contribution in [0.2, 0.25) is 5.02 Å². The third-order valence-corrected chi connectivity index (χ3v) is 5.15. The van der Waals surface area contributed by atoms with Crippen molar-refractivity contribution in [3.8, 4) is 5.75 Å². The number of hydrogen-bond donors (Lipinski definition) is 1. The van der Waals surface area contributed by atoms with Crippen molar-refractivity contribution in [3.63, 3.8) is 0 Å². The third kappa shape index (κ3) is 3.93. The smallest absolute Gasteiger partial charge is 0.326 e. The average molecular weight is 381 g/mol. The first-order chi connectivity index (χ1) is 12.5. The van der Waals surface area contributed by atoms with Crippen LogP contribution >= 0.6 is 11.6 Å². The Hall–Kier alpha value is -2.28. The summed E-state index contributed by atoms with van der Waals surface area (Å²) in [6.07, 6.45) is 1.27. The van der Waals surface area contributed by atoms with Gasteiger partial charge in [-0.25, -0.2) is 4.79 Å². The Morgan fingerprint density at radius 2 is 2.08 bits per heavy atom. The molecule has 7 nitrogen and oxygen atoms in total. The highest BCUT2D eigenvalue weighted by Crippen LogP contribution is 2.26. The van der Waals surface area contributed by atoms with Gasteiger partial charge in [-0.15, -0.1) is 0 Å². The topological polar surface area (TPSA) is 87.2 Å². The summed E-state index contributed by atoms with van der Waals surface area (Å²) < 4.78 is 5.59. The fourth-order valence-electron chi connectivity index (χ4n) is 3.50. The molecule has 2 atom stereocenters. The van der Waals surface area contributed by atoms with E-state index in [0.29, 0.717) is 43.2 Å². The standard InChI is InChI=1S/C18H21ClN2O5/c19-13-4-1-2-6-15(13)26-9-8-20-11-12(10-16(20)22)17(23)21-7-3-5-14(21)18(24)25/h1-2,4,6,12,14H,3,5,7-11H2,(H,24,25). The molecule has 140 valence electrons. The van der Waals surface area contributed by atoms with E-state index in [1.165, 1.54) is 4.90 Å². The SMILES string of the molecule is O=C(O)C1CCCN1C(=O)C1CC(=O)N(CCOc2ccccc2Cl)C1. The minimum atomic E-state index is -0.981. The molecular formula is C18H21ClN2O5. The van der Waals surface area contributed by atoms with Crippen molar-refractivity contribution < 1.29 is 24.2 Å². The van der Waals surface area contributed by atoms with E-state index in [1.807, 2.05) is 6.07 Å². The summed E-state index contributed by atoms with van der Waals surface area (Å²) in [5.41, 5.74) is 0. The van der Waals surface area contributed by atoms with E-state index in [1.54, 1.807) is 23.1 Å². The van der Waals surface area contributed by atoms with E-state index in [9.17, 15) is 19.5 Å².